The Kier molecular flexibility index (Phi) is 8.93. The van der Waals surface area contributed by atoms with Crippen molar-refractivity contribution in [1.82, 2.24) is 15.5 Å². The molecule has 2 aliphatic heterocycles. The minimum absolute atomic E-state index is 0. The van der Waals surface area contributed by atoms with Crippen molar-refractivity contribution in [2.45, 2.75) is 58.5 Å². The maximum atomic E-state index is 12.8. The molecule has 2 heterocycles. The summed E-state index contributed by atoms with van der Waals surface area (Å²) >= 11 is 0. The van der Waals surface area contributed by atoms with Crippen molar-refractivity contribution in [3.8, 4) is 0 Å². The van der Waals surface area contributed by atoms with Gasteiger partial charge in [-0.2, -0.15) is 0 Å². The van der Waals surface area contributed by atoms with Crippen molar-refractivity contribution < 1.29 is 9.59 Å². The number of hydrogen-bond acceptors (Lipinski definition) is 4. The summed E-state index contributed by atoms with van der Waals surface area (Å²) in [5.74, 6) is 0.553. The molecule has 2 saturated heterocycles. The second kappa shape index (κ2) is 11.0. The fraction of sp³-hybridized carbons (Fsp3) is 0.636. The summed E-state index contributed by atoms with van der Waals surface area (Å²) in [7, 11) is 0. The molecule has 162 valence electrons. The zero-order chi connectivity index (χ0) is 20.1. The number of halogens is 1. The molecule has 2 aliphatic rings. The fourth-order valence-electron chi connectivity index (χ4n) is 4.25. The molecule has 2 amide bonds. The molecular formula is C22H35ClN4O2. The highest BCUT2D eigenvalue weighted by Gasteiger charge is 2.29. The van der Waals surface area contributed by atoms with Gasteiger partial charge in [-0.25, -0.2) is 0 Å². The largest absolute Gasteiger partial charge is 0.354 e. The van der Waals surface area contributed by atoms with Gasteiger partial charge in [0.2, 0.25) is 11.8 Å². The number of benzene rings is 1. The number of carbonyl (C=O) groups is 2. The first kappa shape index (κ1) is 23.6. The van der Waals surface area contributed by atoms with E-state index in [9.17, 15) is 9.59 Å². The van der Waals surface area contributed by atoms with E-state index < -0.39 is 0 Å². The average Bonchev–Trinajstić information content (AvgIpc) is 3.23. The van der Waals surface area contributed by atoms with Gasteiger partial charge in [-0.3, -0.25) is 14.5 Å². The third-order valence-electron chi connectivity index (χ3n) is 6.06. The number of nitrogens with one attached hydrogen (secondary N) is 3. The van der Waals surface area contributed by atoms with Gasteiger partial charge < -0.3 is 16.0 Å². The van der Waals surface area contributed by atoms with E-state index in [0.717, 1.165) is 56.6 Å². The third kappa shape index (κ3) is 6.43. The van der Waals surface area contributed by atoms with Crippen LogP contribution in [0.5, 0.6) is 0 Å². The van der Waals surface area contributed by atoms with E-state index in [0.29, 0.717) is 12.5 Å². The molecule has 3 unspecified atom stereocenters. The van der Waals surface area contributed by atoms with Crippen LogP contribution in [-0.2, 0) is 9.59 Å². The quantitative estimate of drug-likeness (QED) is 0.658. The van der Waals surface area contributed by atoms with E-state index >= 15 is 0 Å². The molecule has 0 aromatic heterocycles. The summed E-state index contributed by atoms with van der Waals surface area (Å²) in [5, 5.41) is 9.43. The van der Waals surface area contributed by atoms with Gasteiger partial charge in [-0.1, -0.05) is 17.7 Å². The summed E-state index contributed by atoms with van der Waals surface area (Å²) in [6.07, 6.45) is 4.16. The number of likely N-dealkylation sites (tertiary alicyclic amines) is 1. The molecule has 0 bridgehead atoms. The Labute approximate surface area is 180 Å². The molecule has 3 rings (SSSR count). The standard InChI is InChI=1S/C22H34N4O2.ClH/c1-15-8-9-19(16(2)12-15)25-21(27)17(3)26-11-5-6-18(14-26)13-24-22(28)20-7-4-10-23-20;/h8-9,12,17-18,20,23H,4-7,10-11,13-14H2,1-3H3,(H,24,28)(H,25,27);1H. The summed E-state index contributed by atoms with van der Waals surface area (Å²) < 4.78 is 0. The van der Waals surface area contributed by atoms with Crippen LogP contribution in [0.25, 0.3) is 0 Å². The van der Waals surface area contributed by atoms with E-state index in [1.807, 2.05) is 26.0 Å². The van der Waals surface area contributed by atoms with Gasteiger partial charge in [0.05, 0.1) is 12.1 Å². The van der Waals surface area contributed by atoms with Gasteiger partial charge in [-0.15, -0.1) is 12.4 Å². The maximum absolute atomic E-state index is 12.8. The summed E-state index contributed by atoms with van der Waals surface area (Å²) in [5.41, 5.74) is 3.16. The van der Waals surface area contributed by atoms with Crippen LogP contribution < -0.4 is 16.0 Å². The molecule has 0 aliphatic carbocycles. The number of carbonyl (C=O) groups excluding carboxylic acids is 2. The lowest BCUT2D eigenvalue weighted by Gasteiger charge is -2.36. The SMILES string of the molecule is Cc1ccc(NC(=O)C(C)N2CCCC(CNC(=O)C3CCCN3)C2)c(C)c1.Cl. The first-order valence-electron chi connectivity index (χ1n) is 10.6. The smallest absolute Gasteiger partial charge is 0.241 e. The van der Waals surface area contributed by atoms with E-state index in [1.165, 1.54) is 5.56 Å². The Morgan fingerprint density at radius 3 is 2.72 bits per heavy atom. The van der Waals surface area contributed by atoms with Crippen molar-refractivity contribution in [3.63, 3.8) is 0 Å². The predicted octanol–water partition coefficient (Wildman–Crippen LogP) is 2.63. The Bertz CT molecular complexity index is 706. The number of rotatable bonds is 6. The molecule has 29 heavy (non-hydrogen) atoms. The lowest BCUT2D eigenvalue weighted by Crippen LogP contribution is -2.50. The highest BCUT2D eigenvalue weighted by molar-refractivity contribution is 5.95. The zero-order valence-corrected chi connectivity index (χ0v) is 18.6. The second-order valence-electron chi connectivity index (χ2n) is 8.38. The van der Waals surface area contributed by atoms with Crippen molar-refractivity contribution in [2.75, 3.05) is 31.5 Å². The lowest BCUT2D eigenvalue weighted by atomic mass is 9.96. The predicted molar refractivity (Wildman–Crippen MR) is 120 cm³/mol. The van der Waals surface area contributed by atoms with Crippen LogP contribution in [-0.4, -0.2) is 55.0 Å². The minimum Gasteiger partial charge on any atom is -0.354 e. The van der Waals surface area contributed by atoms with E-state index in [1.54, 1.807) is 0 Å². The van der Waals surface area contributed by atoms with Crippen LogP contribution in [0.4, 0.5) is 5.69 Å². The highest BCUT2D eigenvalue weighted by atomic mass is 35.5. The Morgan fingerprint density at radius 1 is 1.24 bits per heavy atom. The number of anilines is 1. The van der Waals surface area contributed by atoms with Crippen molar-refractivity contribution in [1.29, 1.82) is 0 Å². The first-order valence-corrected chi connectivity index (χ1v) is 10.6. The third-order valence-corrected chi connectivity index (χ3v) is 6.06. The summed E-state index contributed by atoms with van der Waals surface area (Å²) in [6, 6.07) is 5.87. The lowest BCUT2D eigenvalue weighted by molar-refractivity contribution is -0.124. The highest BCUT2D eigenvalue weighted by Crippen LogP contribution is 2.21. The molecule has 7 heteroatoms. The van der Waals surface area contributed by atoms with Crippen LogP contribution in [0.3, 0.4) is 0 Å². The van der Waals surface area contributed by atoms with Crippen molar-refractivity contribution >= 4 is 29.9 Å². The van der Waals surface area contributed by atoms with Crippen LogP contribution >= 0.6 is 12.4 Å². The molecule has 3 atom stereocenters. The van der Waals surface area contributed by atoms with Crippen LogP contribution in [0, 0.1) is 19.8 Å². The number of piperidine rings is 1. The van der Waals surface area contributed by atoms with Crippen LogP contribution in [0.2, 0.25) is 0 Å². The number of aryl methyl sites for hydroxylation is 2. The van der Waals surface area contributed by atoms with Gasteiger partial charge in [0, 0.05) is 18.8 Å². The van der Waals surface area contributed by atoms with E-state index in [-0.39, 0.29) is 36.3 Å². The van der Waals surface area contributed by atoms with Gasteiger partial charge in [0.25, 0.3) is 0 Å². The van der Waals surface area contributed by atoms with Crippen molar-refractivity contribution in [2.24, 2.45) is 5.92 Å². The van der Waals surface area contributed by atoms with Gasteiger partial charge in [-0.05, 0) is 77.1 Å². The van der Waals surface area contributed by atoms with Crippen molar-refractivity contribution in [3.05, 3.63) is 29.3 Å². The average molecular weight is 423 g/mol. The molecule has 6 nitrogen and oxygen atoms in total. The molecular weight excluding hydrogens is 388 g/mol. The van der Waals surface area contributed by atoms with E-state index in [4.69, 9.17) is 0 Å². The molecule has 0 spiro atoms. The zero-order valence-electron chi connectivity index (χ0n) is 17.8. The van der Waals surface area contributed by atoms with E-state index in [2.05, 4.69) is 33.8 Å². The Morgan fingerprint density at radius 2 is 2.03 bits per heavy atom. The topological polar surface area (TPSA) is 73.5 Å². The van der Waals surface area contributed by atoms with Crippen LogP contribution in [0.15, 0.2) is 18.2 Å². The van der Waals surface area contributed by atoms with Crippen LogP contribution in [0.1, 0.15) is 43.7 Å². The number of nitrogens with zero attached hydrogens (tertiary/aromatic N) is 1. The maximum Gasteiger partial charge on any atom is 0.241 e. The number of hydrogen-bond donors (Lipinski definition) is 3. The molecule has 0 radical (unpaired) electrons. The Balaban J connectivity index is 0.00000300. The summed E-state index contributed by atoms with van der Waals surface area (Å²) in [6.45, 7) is 9.45. The fourth-order valence-corrected chi connectivity index (χ4v) is 4.25. The second-order valence-corrected chi connectivity index (χ2v) is 8.38. The molecule has 2 fully saturated rings. The minimum atomic E-state index is -0.185. The normalized spacial score (nSPS) is 23.1. The molecule has 1 aromatic carbocycles. The van der Waals surface area contributed by atoms with Gasteiger partial charge in [0.1, 0.15) is 0 Å². The molecule has 3 N–H and O–H groups in total. The molecule has 1 aromatic rings. The molecule has 0 saturated carbocycles. The summed E-state index contributed by atoms with van der Waals surface area (Å²) in [4.78, 5) is 27.2. The first-order chi connectivity index (χ1) is 13.4. The number of amides is 2. The van der Waals surface area contributed by atoms with Gasteiger partial charge in [0.15, 0.2) is 0 Å². The van der Waals surface area contributed by atoms with Gasteiger partial charge >= 0.3 is 0 Å². The Hall–Kier alpha value is -1.63. The monoisotopic (exact) mass is 422 g/mol.